The Balaban J connectivity index is 3.37. The smallest absolute Gasteiger partial charge is 0.192 e. The Morgan fingerprint density at radius 3 is 2.55 bits per heavy atom. The molecular formula is C5H11O5S-. The molecule has 0 aromatic rings. The third-order valence-electron chi connectivity index (χ3n) is 0.762. The van der Waals surface area contributed by atoms with Crippen molar-refractivity contribution < 1.29 is 22.8 Å². The second-order valence-electron chi connectivity index (χ2n) is 2.14. The molecule has 0 rings (SSSR count). The summed E-state index contributed by atoms with van der Waals surface area (Å²) in [5.74, 6) is 0. The number of rotatable bonds is 5. The van der Waals surface area contributed by atoms with Gasteiger partial charge in [0.2, 0.25) is 0 Å². The molecule has 0 radical (unpaired) electrons. The number of aliphatic hydroxyl groups is 1. The van der Waals surface area contributed by atoms with Gasteiger partial charge in [0.15, 0.2) is 6.29 Å². The van der Waals surface area contributed by atoms with E-state index < -0.39 is 17.7 Å². The van der Waals surface area contributed by atoms with Gasteiger partial charge in [-0.05, 0) is 13.8 Å². The van der Waals surface area contributed by atoms with Gasteiger partial charge in [-0.25, -0.2) is 4.21 Å². The van der Waals surface area contributed by atoms with E-state index in [1.807, 2.05) is 0 Å². The van der Waals surface area contributed by atoms with Crippen molar-refractivity contribution in [3.8, 4) is 0 Å². The van der Waals surface area contributed by atoms with Crippen LogP contribution in [0, 0.1) is 0 Å². The van der Waals surface area contributed by atoms with Crippen molar-refractivity contribution in [2.45, 2.75) is 26.2 Å². The fraction of sp³-hybridized carbons (Fsp3) is 1.00. The first-order valence-corrected chi connectivity index (χ1v) is 4.08. The normalized spacial score (nSPS) is 16.8. The molecule has 6 heteroatoms. The molecule has 0 saturated heterocycles. The van der Waals surface area contributed by atoms with Gasteiger partial charge >= 0.3 is 0 Å². The van der Waals surface area contributed by atoms with E-state index in [0.29, 0.717) is 0 Å². The molecule has 2 atom stereocenters. The van der Waals surface area contributed by atoms with Crippen molar-refractivity contribution >= 4 is 11.4 Å². The first kappa shape index (κ1) is 11.0. The largest absolute Gasteiger partial charge is 0.750 e. The lowest BCUT2D eigenvalue weighted by atomic mass is 10.5. The monoisotopic (exact) mass is 183 g/mol. The van der Waals surface area contributed by atoms with Crippen molar-refractivity contribution in [2.24, 2.45) is 0 Å². The molecule has 2 unspecified atom stereocenters. The first-order valence-electron chi connectivity index (χ1n) is 3.08. The van der Waals surface area contributed by atoms with Crippen molar-refractivity contribution in [1.82, 2.24) is 0 Å². The molecule has 0 spiro atoms. The summed E-state index contributed by atoms with van der Waals surface area (Å²) in [6.45, 7) is 3.38. The lowest BCUT2D eigenvalue weighted by molar-refractivity contribution is -0.0878. The van der Waals surface area contributed by atoms with Gasteiger partial charge < -0.3 is 14.4 Å². The average molecular weight is 183 g/mol. The van der Waals surface area contributed by atoms with E-state index in [2.05, 4.69) is 4.18 Å². The SMILES string of the molecule is CC(C)OCC(O)OS(=O)[O-]. The van der Waals surface area contributed by atoms with Crippen LogP contribution < -0.4 is 0 Å². The highest BCUT2D eigenvalue weighted by Crippen LogP contribution is 1.94. The Labute approximate surface area is 67.8 Å². The fourth-order valence-electron chi connectivity index (χ4n) is 0.393. The van der Waals surface area contributed by atoms with Crippen LogP contribution in [0.3, 0.4) is 0 Å². The third-order valence-corrected chi connectivity index (χ3v) is 1.14. The predicted molar refractivity (Wildman–Crippen MR) is 37.1 cm³/mol. The summed E-state index contributed by atoms with van der Waals surface area (Å²) in [4.78, 5) is 0. The molecule has 68 valence electrons. The molecule has 0 aliphatic rings. The molecule has 0 amide bonds. The van der Waals surface area contributed by atoms with E-state index in [1.165, 1.54) is 0 Å². The molecule has 0 saturated carbocycles. The summed E-state index contributed by atoms with van der Waals surface area (Å²) in [7, 11) is 0. The zero-order chi connectivity index (χ0) is 8.85. The van der Waals surface area contributed by atoms with E-state index in [1.54, 1.807) is 13.8 Å². The Morgan fingerprint density at radius 2 is 2.18 bits per heavy atom. The summed E-state index contributed by atoms with van der Waals surface area (Å²) in [6.07, 6.45) is -1.47. The lowest BCUT2D eigenvalue weighted by Gasteiger charge is -2.14. The molecule has 0 aliphatic heterocycles. The third kappa shape index (κ3) is 7.89. The molecular weight excluding hydrogens is 172 g/mol. The number of hydrogen-bond acceptors (Lipinski definition) is 5. The van der Waals surface area contributed by atoms with Crippen molar-refractivity contribution in [1.29, 1.82) is 0 Å². The maximum atomic E-state index is 9.82. The summed E-state index contributed by atoms with van der Waals surface area (Å²) in [6, 6.07) is 0. The van der Waals surface area contributed by atoms with Crippen LogP contribution in [-0.2, 0) is 20.3 Å². The van der Waals surface area contributed by atoms with E-state index >= 15 is 0 Å². The minimum absolute atomic E-state index is 0.0617. The molecule has 0 aliphatic carbocycles. The first-order chi connectivity index (χ1) is 5.02. The number of aliphatic hydroxyl groups excluding tert-OH is 1. The van der Waals surface area contributed by atoms with Gasteiger partial charge in [-0.15, -0.1) is 0 Å². The highest BCUT2D eigenvalue weighted by molar-refractivity contribution is 7.74. The Bertz CT molecular complexity index is 126. The maximum Gasteiger partial charge on any atom is 0.192 e. The molecule has 1 N–H and O–H groups in total. The summed E-state index contributed by atoms with van der Waals surface area (Å²) in [5.41, 5.74) is 0. The molecule has 11 heavy (non-hydrogen) atoms. The standard InChI is InChI=1S/C5H12O5S/c1-4(2)9-3-5(6)10-11(7)8/h4-6H,3H2,1-2H3,(H,7,8)/p-1. The van der Waals surface area contributed by atoms with Crippen molar-refractivity contribution in [3.05, 3.63) is 0 Å². The van der Waals surface area contributed by atoms with Crippen LogP contribution in [0.15, 0.2) is 0 Å². The maximum absolute atomic E-state index is 9.82. The van der Waals surface area contributed by atoms with Crippen LogP contribution in [0.25, 0.3) is 0 Å². The highest BCUT2D eigenvalue weighted by Gasteiger charge is 2.05. The quantitative estimate of drug-likeness (QED) is 0.461. The van der Waals surface area contributed by atoms with Crippen LogP contribution in [-0.4, -0.2) is 32.9 Å². The molecule has 0 bridgehead atoms. The number of hydrogen-bond donors (Lipinski definition) is 1. The summed E-state index contributed by atoms with van der Waals surface area (Å²) in [5, 5.41) is 8.73. The van der Waals surface area contributed by atoms with E-state index in [9.17, 15) is 8.76 Å². The van der Waals surface area contributed by atoms with Gasteiger partial charge in [0.1, 0.15) is 0 Å². The van der Waals surface area contributed by atoms with Gasteiger partial charge in [-0.1, -0.05) is 0 Å². The lowest BCUT2D eigenvalue weighted by Crippen LogP contribution is -2.22. The zero-order valence-electron chi connectivity index (χ0n) is 6.35. The zero-order valence-corrected chi connectivity index (χ0v) is 7.17. The Hall–Kier alpha value is -0.0100. The second-order valence-corrected chi connectivity index (χ2v) is 2.74. The Morgan fingerprint density at radius 1 is 1.64 bits per heavy atom. The van der Waals surface area contributed by atoms with E-state index in [-0.39, 0.29) is 12.7 Å². The minimum atomic E-state index is -2.69. The Kier molecular flexibility index (Phi) is 5.61. The van der Waals surface area contributed by atoms with Gasteiger partial charge in [0.25, 0.3) is 0 Å². The van der Waals surface area contributed by atoms with Gasteiger partial charge in [-0.2, -0.15) is 0 Å². The topological polar surface area (TPSA) is 78.8 Å². The van der Waals surface area contributed by atoms with Gasteiger partial charge in [0, 0.05) is 0 Å². The molecule has 5 nitrogen and oxygen atoms in total. The van der Waals surface area contributed by atoms with Gasteiger partial charge in [-0.3, -0.25) is 4.18 Å². The second kappa shape index (κ2) is 5.62. The molecule has 0 aromatic heterocycles. The summed E-state index contributed by atoms with van der Waals surface area (Å²) < 4.78 is 28.4. The van der Waals surface area contributed by atoms with Crippen LogP contribution >= 0.6 is 0 Å². The van der Waals surface area contributed by atoms with Crippen molar-refractivity contribution in [3.63, 3.8) is 0 Å². The van der Waals surface area contributed by atoms with Crippen LogP contribution in [0.1, 0.15) is 13.8 Å². The van der Waals surface area contributed by atoms with Crippen LogP contribution in [0.4, 0.5) is 0 Å². The predicted octanol–water partition coefficient (Wildman–Crippen LogP) is -0.459. The van der Waals surface area contributed by atoms with E-state index in [0.717, 1.165) is 0 Å². The fourth-order valence-corrected chi connectivity index (χ4v) is 0.630. The minimum Gasteiger partial charge on any atom is -0.750 e. The van der Waals surface area contributed by atoms with Crippen LogP contribution in [0.5, 0.6) is 0 Å². The van der Waals surface area contributed by atoms with E-state index in [4.69, 9.17) is 9.84 Å². The highest BCUT2D eigenvalue weighted by atomic mass is 32.2. The average Bonchev–Trinajstić information content (AvgIpc) is 1.82. The molecule has 0 heterocycles. The summed E-state index contributed by atoms with van der Waals surface area (Å²) >= 11 is -2.69. The molecule has 0 aromatic carbocycles. The van der Waals surface area contributed by atoms with Gasteiger partial charge in [0.05, 0.1) is 24.1 Å². The van der Waals surface area contributed by atoms with Crippen LogP contribution in [0.2, 0.25) is 0 Å². The number of ether oxygens (including phenoxy) is 1. The molecule has 0 fully saturated rings. The van der Waals surface area contributed by atoms with Crippen molar-refractivity contribution in [2.75, 3.05) is 6.61 Å².